The van der Waals surface area contributed by atoms with Gasteiger partial charge >= 0.3 is 0 Å². The molecule has 0 fully saturated rings. The van der Waals surface area contributed by atoms with Crippen LogP contribution in [0.2, 0.25) is 5.02 Å². The third-order valence-electron chi connectivity index (χ3n) is 2.45. The molecule has 2 aromatic rings. The van der Waals surface area contributed by atoms with Crippen LogP contribution in [-0.4, -0.2) is 15.6 Å². The molecule has 5 heteroatoms. The molecule has 0 spiro atoms. The Kier molecular flexibility index (Phi) is 3.58. The highest BCUT2D eigenvalue weighted by Gasteiger charge is 2.09. The van der Waals surface area contributed by atoms with Crippen LogP contribution >= 0.6 is 11.6 Å². The zero-order valence-electron chi connectivity index (χ0n) is 9.76. The third kappa shape index (κ3) is 2.84. The number of benzene rings is 1. The molecule has 0 aliphatic rings. The first-order valence-corrected chi connectivity index (χ1v) is 5.76. The molecule has 92 valence electrons. The smallest absolute Gasteiger partial charge is 0.267 e. The fourth-order valence-electron chi connectivity index (χ4n) is 1.53. The predicted molar refractivity (Wildman–Crippen MR) is 69.0 cm³/mol. The zero-order chi connectivity index (χ0) is 13.1. The SMILES string of the molecule is Cc1cnn(CC(=O)c2cccc(Cl)c2)c(=O)c1. The molecule has 1 aromatic heterocycles. The Labute approximate surface area is 109 Å². The average molecular weight is 263 g/mol. The molecule has 18 heavy (non-hydrogen) atoms. The maximum Gasteiger partial charge on any atom is 0.267 e. The van der Waals surface area contributed by atoms with Gasteiger partial charge in [-0.3, -0.25) is 9.59 Å². The summed E-state index contributed by atoms with van der Waals surface area (Å²) in [4.78, 5) is 23.5. The molecule has 1 aromatic carbocycles. The Morgan fingerprint density at radius 3 is 2.83 bits per heavy atom. The Morgan fingerprint density at radius 2 is 2.17 bits per heavy atom. The van der Waals surface area contributed by atoms with Crippen LogP contribution in [0.3, 0.4) is 0 Å². The second-order valence-corrected chi connectivity index (χ2v) is 4.40. The molecule has 0 atom stereocenters. The number of Topliss-reactive ketones (excluding diaryl/α,β-unsaturated/α-hetero) is 1. The Balaban J connectivity index is 2.24. The molecule has 0 saturated heterocycles. The van der Waals surface area contributed by atoms with Crippen LogP contribution in [-0.2, 0) is 6.54 Å². The van der Waals surface area contributed by atoms with Gasteiger partial charge in [-0.2, -0.15) is 5.10 Å². The van der Waals surface area contributed by atoms with Gasteiger partial charge in [0.15, 0.2) is 5.78 Å². The summed E-state index contributed by atoms with van der Waals surface area (Å²) in [5, 5.41) is 4.41. The normalized spacial score (nSPS) is 10.3. The maximum absolute atomic E-state index is 11.9. The number of nitrogens with zero attached hydrogens (tertiary/aromatic N) is 2. The lowest BCUT2D eigenvalue weighted by Crippen LogP contribution is -2.26. The van der Waals surface area contributed by atoms with Crippen molar-refractivity contribution in [3.05, 3.63) is 63.0 Å². The van der Waals surface area contributed by atoms with E-state index in [-0.39, 0.29) is 17.9 Å². The van der Waals surface area contributed by atoms with E-state index in [1.807, 2.05) is 0 Å². The molecule has 0 radical (unpaired) electrons. The number of rotatable bonds is 3. The first kappa shape index (κ1) is 12.5. The van der Waals surface area contributed by atoms with Crippen molar-refractivity contribution >= 4 is 17.4 Å². The van der Waals surface area contributed by atoms with Gasteiger partial charge in [-0.05, 0) is 24.6 Å². The standard InChI is InChI=1S/C13H11ClN2O2/c1-9-5-13(18)16(15-7-9)8-12(17)10-3-2-4-11(14)6-10/h2-7H,8H2,1H3. The van der Waals surface area contributed by atoms with Crippen LogP contribution in [0, 0.1) is 6.92 Å². The average Bonchev–Trinajstić information content (AvgIpc) is 2.32. The minimum Gasteiger partial charge on any atom is -0.292 e. The van der Waals surface area contributed by atoms with Gasteiger partial charge in [-0.1, -0.05) is 23.7 Å². The van der Waals surface area contributed by atoms with E-state index in [9.17, 15) is 9.59 Å². The second-order valence-electron chi connectivity index (χ2n) is 3.96. The minimum atomic E-state index is -0.287. The van der Waals surface area contributed by atoms with Crippen molar-refractivity contribution in [3.63, 3.8) is 0 Å². The monoisotopic (exact) mass is 262 g/mol. The second kappa shape index (κ2) is 5.14. The lowest BCUT2D eigenvalue weighted by atomic mass is 10.1. The van der Waals surface area contributed by atoms with Gasteiger partial charge in [0.1, 0.15) is 6.54 Å². The number of ketones is 1. The number of hydrogen-bond acceptors (Lipinski definition) is 3. The van der Waals surface area contributed by atoms with Crippen molar-refractivity contribution in [3.8, 4) is 0 Å². The van der Waals surface area contributed by atoms with E-state index in [0.29, 0.717) is 10.6 Å². The largest absolute Gasteiger partial charge is 0.292 e. The van der Waals surface area contributed by atoms with Crippen LogP contribution in [0.1, 0.15) is 15.9 Å². The van der Waals surface area contributed by atoms with Gasteiger partial charge < -0.3 is 0 Å². The van der Waals surface area contributed by atoms with Crippen LogP contribution in [0.15, 0.2) is 41.3 Å². The van der Waals surface area contributed by atoms with Gasteiger partial charge in [0, 0.05) is 16.7 Å². The Hall–Kier alpha value is -1.94. The van der Waals surface area contributed by atoms with E-state index in [4.69, 9.17) is 11.6 Å². The van der Waals surface area contributed by atoms with E-state index in [0.717, 1.165) is 10.2 Å². The van der Waals surface area contributed by atoms with Crippen molar-refractivity contribution in [2.24, 2.45) is 0 Å². The van der Waals surface area contributed by atoms with Crippen molar-refractivity contribution in [1.29, 1.82) is 0 Å². The summed E-state index contributed by atoms with van der Waals surface area (Å²) in [6.45, 7) is 1.69. The number of halogens is 1. The third-order valence-corrected chi connectivity index (χ3v) is 2.68. The summed E-state index contributed by atoms with van der Waals surface area (Å²) in [6.07, 6.45) is 1.55. The molecule has 2 rings (SSSR count). The summed E-state index contributed by atoms with van der Waals surface area (Å²) < 4.78 is 1.14. The molecule has 0 aliphatic heterocycles. The quantitative estimate of drug-likeness (QED) is 0.796. The first-order chi connectivity index (χ1) is 8.56. The van der Waals surface area contributed by atoms with E-state index < -0.39 is 0 Å². The highest BCUT2D eigenvalue weighted by atomic mass is 35.5. The van der Waals surface area contributed by atoms with Crippen molar-refractivity contribution < 1.29 is 4.79 Å². The number of aryl methyl sites for hydroxylation is 1. The molecule has 0 amide bonds. The van der Waals surface area contributed by atoms with Crippen LogP contribution in [0.4, 0.5) is 0 Å². The van der Waals surface area contributed by atoms with E-state index in [1.165, 1.54) is 6.07 Å². The molecule has 0 aliphatic carbocycles. The van der Waals surface area contributed by atoms with Gasteiger partial charge in [-0.25, -0.2) is 4.68 Å². The van der Waals surface area contributed by atoms with Gasteiger partial charge in [0.2, 0.25) is 0 Å². The van der Waals surface area contributed by atoms with Crippen molar-refractivity contribution in [2.45, 2.75) is 13.5 Å². The van der Waals surface area contributed by atoms with Gasteiger partial charge in [-0.15, -0.1) is 0 Å². The molecular formula is C13H11ClN2O2. The molecule has 0 bridgehead atoms. The van der Waals surface area contributed by atoms with E-state index >= 15 is 0 Å². The number of hydrogen-bond donors (Lipinski definition) is 0. The minimum absolute atomic E-state index is 0.0839. The first-order valence-electron chi connectivity index (χ1n) is 5.39. The van der Waals surface area contributed by atoms with Crippen LogP contribution in [0.25, 0.3) is 0 Å². The highest BCUT2D eigenvalue weighted by molar-refractivity contribution is 6.31. The fourth-order valence-corrected chi connectivity index (χ4v) is 1.72. The summed E-state index contributed by atoms with van der Waals surface area (Å²) in [5.74, 6) is -0.198. The van der Waals surface area contributed by atoms with Gasteiger partial charge in [0.05, 0.1) is 6.20 Å². The highest BCUT2D eigenvalue weighted by Crippen LogP contribution is 2.11. The van der Waals surface area contributed by atoms with Gasteiger partial charge in [0.25, 0.3) is 5.56 Å². The number of carbonyl (C=O) groups excluding carboxylic acids is 1. The fraction of sp³-hybridized carbons (Fsp3) is 0.154. The van der Waals surface area contributed by atoms with Crippen molar-refractivity contribution in [1.82, 2.24) is 9.78 Å². The topological polar surface area (TPSA) is 52.0 Å². The maximum atomic E-state index is 11.9. The predicted octanol–water partition coefficient (Wildman–Crippen LogP) is 2.09. The lowest BCUT2D eigenvalue weighted by molar-refractivity contribution is 0.0965. The summed E-state index contributed by atoms with van der Waals surface area (Å²) >= 11 is 5.81. The summed E-state index contributed by atoms with van der Waals surface area (Å²) in [6, 6.07) is 8.06. The van der Waals surface area contributed by atoms with Crippen LogP contribution in [0.5, 0.6) is 0 Å². The molecular weight excluding hydrogens is 252 g/mol. The number of carbonyl (C=O) groups is 1. The van der Waals surface area contributed by atoms with E-state index in [1.54, 1.807) is 37.4 Å². The van der Waals surface area contributed by atoms with Crippen LogP contribution < -0.4 is 5.56 Å². The molecule has 0 saturated carbocycles. The Bertz CT molecular complexity index is 649. The lowest BCUT2D eigenvalue weighted by Gasteiger charge is -2.04. The molecule has 1 heterocycles. The Morgan fingerprint density at radius 1 is 1.39 bits per heavy atom. The summed E-state index contributed by atoms with van der Waals surface area (Å²) in [7, 11) is 0. The van der Waals surface area contributed by atoms with E-state index in [2.05, 4.69) is 5.10 Å². The zero-order valence-corrected chi connectivity index (χ0v) is 10.5. The summed E-state index contributed by atoms with van der Waals surface area (Å²) in [5.41, 5.74) is 0.952. The molecule has 0 unspecified atom stereocenters. The number of aromatic nitrogens is 2. The molecule has 4 nitrogen and oxygen atoms in total. The van der Waals surface area contributed by atoms with Crippen molar-refractivity contribution in [2.75, 3.05) is 0 Å². The molecule has 0 N–H and O–H groups in total.